The average Bonchev–Trinajstić information content (AvgIpc) is 2.77. The summed E-state index contributed by atoms with van der Waals surface area (Å²) in [5.41, 5.74) is 1.39. The van der Waals surface area contributed by atoms with E-state index < -0.39 is 6.10 Å². The topological polar surface area (TPSA) is 76.3 Å². The first-order chi connectivity index (χ1) is 10.9. The van der Waals surface area contributed by atoms with Crippen molar-refractivity contribution in [2.45, 2.75) is 46.4 Å². The van der Waals surface area contributed by atoms with Crippen LogP contribution in [-0.2, 0) is 17.9 Å². The molecule has 0 fully saturated rings. The molecule has 1 unspecified atom stereocenters. The molecule has 2 N–H and O–H groups in total. The Balaban J connectivity index is 2.11. The molecule has 0 bridgehead atoms. The summed E-state index contributed by atoms with van der Waals surface area (Å²) in [5.74, 6) is 0.0981. The molecule has 1 atom stereocenters. The highest BCUT2D eigenvalue weighted by atomic mass is 16.3. The van der Waals surface area contributed by atoms with Crippen LogP contribution in [0.5, 0.6) is 0 Å². The molecule has 1 aromatic carbocycles. The minimum Gasteiger partial charge on any atom is -0.391 e. The summed E-state index contributed by atoms with van der Waals surface area (Å²) >= 11 is 0. The number of amides is 1. The van der Waals surface area contributed by atoms with Crippen LogP contribution >= 0.6 is 0 Å². The number of imidazole rings is 1. The maximum absolute atomic E-state index is 12.4. The summed E-state index contributed by atoms with van der Waals surface area (Å²) in [6, 6.07) is 7.44. The largest absolute Gasteiger partial charge is 0.391 e. The van der Waals surface area contributed by atoms with Crippen LogP contribution in [0, 0.1) is 5.92 Å². The van der Waals surface area contributed by atoms with Crippen LogP contribution in [0.3, 0.4) is 0 Å². The molecule has 126 valence electrons. The van der Waals surface area contributed by atoms with E-state index in [9.17, 15) is 14.7 Å². The first-order valence-electron chi connectivity index (χ1n) is 8.06. The van der Waals surface area contributed by atoms with Crippen molar-refractivity contribution in [2.75, 3.05) is 6.54 Å². The molecule has 1 heterocycles. The maximum Gasteiger partial charge on any atom is 0.329 e. The molecule has 0 spiro atoms. The monoisotopic (exact) mass is 319 g/mol. The van der Waals surface area contributed by atoms with Gasteiger partial charge in [0.2, 0.25) is 5.91 Å². The fourth-order valence-corrected chi connectivity index (χ4v) is 2.79. The standard InChI is InChI=1S/C17H25N3O3/c1-4-19-14-7-5-6-8-15(14)20(17(19)23)11-16(22)18-10-13(21)9-12(2)3/h5-8,12-13,21H,4,9-11H2,1-3H3,(H,18,22). The van der Waals surface area contributed by atoms with Gasteiger partial charge in [-0.15, -0.1) is 0 Å². The Hall–Kier alpha value is -2.08. The average molecular weight is 319 g/mol. The normalized spacial score (nSPS) is 12.7. The Kier molecular flexibility index (Phi) is 5.60. The Morgan fingerprint density at radius 3 is 2.39 bits per heavy atom. The van der Waals surface area contributed by atoms with Gasteiger partial charge in [0.05, 0.1) is 17.1 Å². The van der Waals surface area contributed by atoms with Crippen molar-refractivity contribution in [1.82, 2.24) is 14.5 Å². The SMILES string of the molecule is CCn1c(=O)n(CC(=O)NCC(O)CC(C)C)c2ccccc21. The zero-order valence-corrected chi connectivity index (χ0v) is 14.0. The van der Waals surface area contributed by atoms with Crippen molar-refractivity contribution in [3.05, 3.63) is 34.7 Å². The van der Waals surface area contributed by atoms with Crippen LogP contribution in [0.15, 0.2) is 29.1 Å². The maximum atomic E-state index is 12.4. The van der Waals surface area contributed by atoms with E-state index in [4.69, 9.17) is 0 Å². The third-order valence-corrected chi connectivity index (χ3v) is 3.82. The number of aliphatic hydroxyl groups excluding tert-OH is 1. The van der Waals surface area contributed by atoms with Crippen molar-refractivity contribution in [1.29, 1.82) is 0 Å². The highest BCUT2D eigenvalue weighted by Crippen LogP contribution is 2.12. The summed E-state index contributed by atoms with van der Waals surface area (Å²) in [7, 11) is 0. The number of carbonyl (C=O) groups is 1. The molecule has 2 rings (SSSR count). The van der Waals surface area contributed by atoms with Crippen molar-refractivity contribution >= 4 is 16.9 Å². The number of benzene rings is 1. The highest BCUT2D eigenvalue weighted by Gasteiger charge is 2.15. The van der Waals surface area contributed by atoms with Crippen LogP contribution in [0.1, 0.15) is 27.2 Å². The second-order valence-electron chi connectivity index (χ2n) is 6.19. The van der Waals surface area contributed by atoms with E-state index in [0.717, 1.165) is 11.0 Å². The second-order valence-corrected chi connectivity index (χ2v) is 6.19. The highest BCUT2D eigenvalue weighted by molar-refractivity contribution is 5.80. The summed E-state index contributed by atoms with van der Waals surface area (Å²) in [6.45, 7) is 6.66. The molecule has 23 heavy (non-hydrogen) atoms. The third kappa shape index (κ3) is 4.01. The van der Waals surface area contributed by atoms with E-state index >= 15 is 0 Å². The molecule has 1 aromatic heterocycles. The van der Waals surface area contributed by atoms with Gasteiger partial charge in [0.15, 0.2) is 0 Å². The minimum atomic E-state index is -0.562. The van der Waals surface area contributed by atoms with Gasteiger partial charge in [-0.3, -0.25) is 13.9 Å². The lowest BCUT2D eigenvalue weighted by Crippen LogP contribution is -2.37. The fourth-order valence-electron chi connectivity index (χ4n) is 2.79. The van der Waals surface area contributed by atoms with Crippen LogP contribution < -0.4 is 11.0 Å². The van der Waals surface area contributed by atoms with Crippen molar-refractivity contribution in [3.8, 4) is 0 Å². The number of hydrogen-bond donors (Lipinski definition) is 2. The van der Waals surface area contributed by atoms with Crippen molar-refractivity contribution in [2.24, 2.45) is 5.92 Å². The number of aromatic nitrogens is 2. The van der Waals surface area contributed by atoms with Crippen LogP contribution in [0.4, 0.5) is 0 Å². The van der Waals surface area contributed by atoms with Gasteiger partial charge < -0.3 is 10.4 Å². The van der Waals surface area contributed by atoms with Gasteiger partial charge in [-0.2, -0.15) is 0 Å². The number of aryl methyl sites for hydroxylation is 1. The molecule has 0 aliphatic rings. The molecule has 0 radical (unpaired) electrons. The molecular formula is C17H25N3O3. The summed E-state index contributed by atoms with van der Waals surface area (Å²) in [6.07, 6.45) is 0.0719. The molecule has 0 saturated heterocycles. The summed E-state index contributed by atoms with van der Waals surface area (Å²) < 4.78 is 3.12. The molecule has 2 aromatic rings. The van der Waals surface area contributed by atoms with E-state index in [0.29, 0.717) is 18.9 Å². The Bertz CT molecular complexity index is 730. The quantitative estimate of drug-likeness (QED) is 0.809. The van der Waals surface area contributed by atoms with E-state index in [1.807, 2.05) is 45.0 Å². The lowest BCUT2D eigenvalue weighted by atomic mass is 10.1. The number of nitrogens with zero attached hydrogens (tertiary/aromatic N) is 2. The summed E-state index contributed by atoms with van der Waals surface area (Å²) in [5, 5.41) is 12.5. The molecule has 6 heteroatoms. The van der Waals surface area contributed by atoms with Crippen molar-refractivity contribution in [3.63, 3.8) is 0 Å². The first kappa shape index (κ1) is 17.3. The number of hydrogen-bond acceptors (Lipinski definition) is 3. The van der Waals surface area contributed by atoms with Gasteiger partial charge in [-0.1, -0.05) is 26.0 Å². The zero-order chi connectivity index (χ0) is 17.0. The van der Waals surface area contributed by atoms with Crippen LogP contribution in [0.2, 0.25) is 0 Å². The van der Waals surface area contributed by atoms with E-state index in [2.05, 4.69) is 5.32 Å². The Morgan fingerprint density at radius 1 is 1.22 bits per heavy atom. The van der Waals surface area contributed by atoms with Gasteiger partial charge in [-0.05, 0) is 31.4 Å². The van der Waals surface area contributed by atoms with Gasteiger partial charge in [0.1, 0.15) is 6.54 Å². The van der Waals surface area contributed by atoms with E-state index in [-0.39, 0.29) is 24.7 Å². The lowest BCUT2D eigenvalue weighted by molar-refractivity contribution is -0.122. The van der Waals surface area contributed by atoms with E-state index in [1.165, 1.54) is 4.57 Å². The third-order valence-electron chi connectivity index (χ3n) is 3.82. The Labute approximate surface area is 135 Å². The molecule has 6 nitrogen and oxygen atoms in total. The van der Waals surface area contributed by atoms with Crippen molar-refractivity contribution < 1.29 is 9.90 Å². The number of para-hydroxylation sites is 2. The van der Waals surface area contributed by atoms with E-state index in [1.54, 1.807) is 4.57 Å². The number of carbonyl (C=O) groups excluding carboxylic acids is 1. The predicted octanol–water partition coefficient (Wildman–Crippen LogP) is 1.35. The van der Waals surface area contributed by atoms with Gasteiger partial charge in [0, 0.05) is 13.1 Å². The Morgan fingerprint density at radius 2 is 1.83 bits per heavy atom. The van der Waals surface area contributed by atoms with Gasteiger partial charge in [0.25, 0.3) is 0 Å². The smallest absolute Gasteiger partial charge is 0.329 e. The lowest BCUT2D eigenvalue weighted by Gasteiger charge is -2.14. The summed E-state index contributed by atoms with van der Waals surface area (Å²) in [4.78, 5) is 24.5. The van der Waals surface area contributed by atoms with Crippen LogP contribution in [-0.4, -0.2) is 32.8 Å². The molecular weight excluding hydrogens is 294 g/mol. The number of nitrogens with one attached hydrogen (secondary N) is 1. The zero-order valence-electron chi connectivity index (χ0n) is 14.0. The number of fused-ring (bicyclic) bond motifs is 1. The van der Waals surface area contributed by atoms with Crippen LogP contribution in [0.25, 0.3) is 11.0 Å². The number of rotatable bonds is 7. The van der Waals surface area contributed by atoms with Gasteiger partial charge in [-0.25, -0.2) is 4.79 Å². The molecule has 0 aliphatic heterocycles. The fraction of sp³-hybridized carbons (Fsp3) is 0.529. The first-order valence-corrected chi connectivity index (χ1v) is 8.06. The molecule has 1 amide bonds. The molecule has 0 aliphatic carbocycles. The minimum absolute atomic E-state index is 0.0409. The molecule has 0 saturated carbocycles. The number of aliphatic hydroxyl groups is 1. The predicted molar refractivity (Wildman–Crippen MR) is 90.3 cm³/mol. The second kappa shape index (κ2) is 7.46. The van der Waals surface area contributed by atoms with Gasteiger partial charge >= 0.3 is 5.69 Å².